The summed E-state index contributed by atoms with van der Waals surface area (Å²) in [5.74, 6) is 6.01. The number of rotatable bonds is 5. The molecule has 2 heteroatoms. The zero-order valence-corrected chi connectivity index (χ0v) is 10.6. The predicted octanol–water partition coefficient (Wildman–Crippen LogP) is 2.48. The van der Waals surface area contributed by atoms with E-state index >= 15 is 0 Å². The highest BCUT2D eigenvalue weighted by Crippen LogP contribution is 2.20. The summed E-state index contributed by atoms with van der Waals surface area (Å²) in [6.07, 6.45) is 2.76. The summed E-state index contributed by atoms with van der Waals surface area (Å²) in [7, 11) is 2.08. The fraction of sp³-hybridized carbons (Fsp3) is 0.467. The third kappa shape index (κ3) is 3.80. The Kier molecular flexibility index (Phi) is 4.06. The highest BCUT2D eigenvalue weighted by atomic mass is 16.6. The van der Waals surface area contributed by atoms with Crippen molar-refractivity contribution in [3.8, 4) is 11.8 Å². The van der Waals surface area contributed by atoms with Crippen LogP contribution in [0, 0.1) is 11.8 Å². The molecule has 90 valence electrons. The van der Waals surface area contributed by atoms with Crippen LogP contribution >= 0.6 is 0 Å². The van der Waals surface area contributed by atoms with Crippen LogP contribution in [0.3, 0.4) is 0 Å². The first-order valence-electron chi connectivity index (χ1n) is 6.11. The third-order valence-corrected chi connectivity index (χ3v) is 3.00. The Hall–Kier alpha value is -1.46. The van der Waals surface area contributed by atoms with Gasteiger partial charge in [0.15, 0.2) is 0 Å². The molecule has 1 heterocycles. The second-order valence-electron chi connectivity index (χ2n) is 4.45. The van der Waals surface area contributed by atoms with Crippen LogP contribution < -0.4 is 4.90 Å². The molecule has 1 saturated heterocycles. The van der Waals surface area contributed by atoms with Crippen LogP contribution in [0.5, 0.6) is 0 Å². The Morgan fingerprint density at radius 1 is 1.47 bits per heavy atom. The van der Waals surface area contributed by atoms with Gasteiger partial charge in [-0.05, 0) is 37.5 Å². The first-order valence-corrected chi connectivity index (χ1v) is 6.11. The fourth-order valence-electron chi connectivity index (χ4n) is 1.80. The number of benzene rings is 1. The number of hydrogen-bond donors (Lipinski definition) is 0. The highest BCUT2D eigenvalue weighted by Gasteiger charge is 2.21. The molecule has 1 atom stereocenters. The quantitative estimate of drug-likeness (QED) is 0.569. The van der Waals surface area contributed by atoms with Crippen LogP contribution in [0.25, 0.3) is 0 Å². The van der Waals surface area contributed by atoms with Crippen LogP contribution in [0.2, 0.25) is 0 Å². The molecule has 2 nitrogen and oxygen atoms in total. The summed E-state index contributed by atoms with van der Waals surface area (Å²) in [5.41, 5.74) is 2.62. The molecular formula is C15H19NO. The molecule has 0 bridgehead atoms. The molecule has 1 aromatic rings. The van der Waals surface area contributed by atoms with Crippen molar-refractivity contribution in [1.29, 1.82) is 0 Å². The maximum Gasteiger partial charge on any atom is 0.0813 e. The van der Waals surface area contributed by atoms with Crippen LogP contribution in [-0.2, 0) is 11.2 Å². The van der Waals surface area contributed by atoms with Crippen molar-refractivity contribution in [3.05, 3.63) is 29.8 Å². The van der Waals surface area contributed by atoms with E-state index < -0.39 is 0 Å². The van der Waals surface area contributed by atoms with Crippen LogP contribution in [0.1, 0.15) is 18.9 Å². The molecule has 0 saturated carbocycles. The highest BCUT2D eigenvalue weighted by molar-refractivity contribution is 5.49. The van der Waals surface area contributed by atoms with Crippen molar-refractivity contribution >= 4 is 5.69 Å². The summed E-state index contributed by atoms with van der Waals surface area (Å²) in [6.45, 7) is 3.61. The van der Waals surface area contributed by atoms with Crippen molar-refractivity contribution in [2.45, 2.75) is 25.9 Å². The molecule has 1 unspecified atom stereocenters. The van der Waals surface area contributed by atoms with E-state index in [2.05, 4.69) is 48.1 Å². The molecule has 0 aliphatic carbocycles. The lowest BCUT2D eigenvalue weighted by molar-refractivity contribution is 0.397. The fourth-order valence-corrected chi connectivity index (χ4v) is 1.80. The normalized spacial score (nSPS) is 17.2. The summed E-state index contributed by atoms with van der Waals surface area (Å²) in [6, 6.07) is 8.69. The standard InChI is InChI=1S/C15H19NO/c1-3-4-10-16(2)14-7-5-6-13(11-14)8-9-15-12-17-15/h5-7,11,15H,8-10,12H2,1-2H3. The predicted molar refractivity (Wildman–Crippen MR) is 71.2 cm³/mol. The molecule has 0 amide bonds. The van der Waals surface area contributed by atoms with Gasteiger partial charge >= 0.3 is 0 Å². The topological polar surface area (TPSA) is 15.8 Å². The molecule has 1 aliphatic rings. The molecule has 1 aliphatic heterocycles. The molecule has 0 aromatic heterocycles. The number of ether oxygens (including phenoxy) is 1. The Bertz CT molecular complexity index is 426. The first kappa shape index (κ1) is 12.0. The van der Waals surface area contributed by atoms with Crippen LogP contribution in [-0.4, -0.2) is 26.3 Å². The van der Waals surface area contributed by atoms with Crippen molar-refractivity contribution < 1.29 is 4.74 Å². The lowest BCUT2D eigenvalue weighted by atomic mass is 10.1. The Balaban J connectivity index is 1.95. The van der Waals surface area contributed by atoms with Gasteiger partial charge in [0.25, 0.3) is 0 Å². The summed E-state index contributed by atoms with van der Waals surface area (Å²) in [4.78, 5) is 2.17. The smallest absolute Gasteiger partial charge is 0.0813 e. The average molecular weight is 229 g/mol. The van der Waals surface area contributed by atoms with E-state index in [-0.39, 0.29) is 0 Å². The van der Waals surface area contributed by atoms with E-state index in [1.807, 2.05) is 6.92 Å². The van der Waals surface area contributed by atoms with E-state index in [1.54, 1.807) is 0 Å². The zero-order valence-electron chi connectivity index (χ0n) is 10.6. The summed E-state index contributed by atoms with van der Waals surface area (Å²) >= 11 is 0. The van der Waals surface area contributed by atoms with Crippen molar-refractivity contribution in [2.75, 3.05) is 25.1 Å². The molecule has 0 N–H and O–H groups in total. The second-order valence-corrected chi connectivity index (χ2v) is 4.45. The number of epoxide rings is 1. The summed E-state index contributed by atoms with van der Waals surface area (Å²) < 4.78 is 5.23. The molecule has 0 radical (unpaired) electrons. The Morgan fingerprint density at radius 3 is 3.00 bits per heavy atom. The van der Waals surface area contributed by atoms with E-state index in [4.69, 9.17) is 4.74 Å². The van der Waals surface area contributed by atoms with Gasteiger partial charge in [0.1, 0.15) is 0 Å². The minimum Gasteiger partial charge on any atom is -0.373 e. The van der Waals surface area contributed by atoms with Gasteiger partial charge in [0.2, 0.25) is 0 Å². The Morgan fingerprint density at radius 2 is 2.29 bits per heavy atom. The van der Waals surface area contributed by atoms with E-state index in [9.17, 15) is 0 Å². The molecule has 2 rings (SSSR count). The van der Waals surface area contributed by atoms with Gasteiger partial charge in [0.05, 0.1) is 19.3 Å². The monoisotopic (exact) mass is 229 g/mol. The van der Waals surface area contributed by atoms with E-state index in [0.717, 1.165) is 26.0 Å². The van der Waals surface area contributed by atoms with Gasteiger partial charge in [-0.3, -0.25) is 0 Å². The maximum absolute atomic E-state index is 5.23. The summed E-state index contributed by atoms with van der Waals surface area (Å²) in [5, 5.41) is 0. The Labute approximate surface area is 104 Å². The van der Waals surface area contributed by atoms with Gasteiger partial charge in [-0.15, -0.1) is 5.92 Å². The maximum atomic E-state index is 5.23. The van der Waals surface area contributed by atoms with Crippen molar-refractivity contribution in [2.24, 2.45) is 0 Å². The number of anilines is 1. The molecule has 1 aromatic carbocycles. The minimum absolute atomic E-state index is 0.516. The first-order chi connectivity index (χ1) is 8.29. The van der Waals surface area contributed by atoms with Gasteiger partial charge in [-0.1, -0.05) is 18.1 Å². The second kappa shape index (κ2) is 5.75. The number of aryl methyl sites for hydroxylation is 1. The lowest BCUT2D eigenvalue weighted by Gasteiger charge is -2.17. The average Bonchev–Trinajstić information content (AvgIpc) is 3.18. The lowest BCUT2D eigenvalue weighted by Crippen LogP contribution is -2.17. The van der Waals surface area contributed by atoms with Crippen molar-refractivity contribution in [3.63, 3.8) is 0 Å². The third-order valence-electron chi connectivity index (χ3n) is 3.00. The van der Waals surface area contributed by atoms with Gasteiger partial charge in [-0.25, -0.2) is 0 Å². The molecule has 0 spiro atoms. The minimum atomic E-state index is 0.516. The molecule has 1 fully saturated rings. The van der Waals surface area contributed by atoms with E-state index in [0.29, 0.717) is 6.10 Å². The number of hydrogen-bond acceptors (Lipinski definition) is 2. The largest absolute Gasteiger partial charge is 0.373 e. The molecular weight excluding hydrogens is 210 g/mol. The van der Waals surface area contributed by atoms with Gasteiger partial charge < -0.3 is 9.64 Å². The van der Waals surface area contributed by atoms with Gasteiger partial charge in [0, 0.05) is 12.7 Å². The van der Waals surface area contributed by atoms with Gasteiger partial charge in [-0.2, -0.15) is 0 Å². The zero-order chi connectivity index (χ0) is 12.1. The van der Waals surface area contributed by atoms with Crippen molar-refractivity contribution in [1.82, 2.24) is 0 Å². The van der Waals surface area contributed by atoms with Crippen LogP contribution in [0.15, 0.2) is 24.3 Å². The van der Waals surface area contributed by atoms with Crippen LogP contribution in [0.4, 0.5) is 5.69 Å². The SMILES string of the molecule is CC#CCN(C)c1cccc(CCC2CO2)c1. The molecule has 17 heavy (non-hydrogen) atoms. The van der Waals surface area contributed by atoms with E-state index in [1.165, 1.54) is 11.3 Å². The number of nitrogens with zero attached hydrogens (tertiary/aromatic N) is 1.